The molecule has 0 aromatic heterocycles. The molecule has 3 N–H and O–H groups in total. The zero-order valence-electron chi connectivity index (χ0n) is 11.4. The number of carbonyl (C=O) groups excluding carboxylic acids is 1. The second kappa shape index (κ2) is 7.04. The van der Waals surface area contributed by atoms with Crippen LogP contribution in [0, 0.1) is 5.82 Å². The van der Waals surface area contributed by atoms with Gasteiger partial charge >= 0.3 is 0 Å². The highest BCUT2D eigenvalue weighted by molar-refractivity contribution is 6.38. The Bertz CT molecular complexity index is 626. The van der Waals surface area contributed by atoms with Crippen molar-refractivity contribution >= 4 is 23.0 Å². The van der Waals surface area contributed by atoms with E-state index in [2.05, 4.69) is 21.4 Å². The van der Waals surface area contributed by atoms with E-state index < -0.39 is 0 Å². The van der Waals surface area contributed by atoms with E-state index in [1.54, 1.807) is 12.1 Å². The van der Waals surface area contributed by atoms with Crippen LogP contribution in [0.3, 0.4) is 0 Å². The van der Waals surface area contributed by atoms with Crippen molar-refractivity contribution in [2.24, 2.45) is 5.10 Å². The second-order valence-electron chi connectivity index (χ2n) is 4.25. The van der Waals surface area contributed by atoms with E-state index in [1.807, 2.05) is 30.3 Å². The molecule has 0 saturated carbocycles. The molecule has 0 bridgehead atoms. The number of amidine groups is 1. The van der Waals surface area contributed by atoms with Gasteiger partial charge in [0.05, 0.1) is 11.4 Å². The first-order chi connectivity index (χ1) is 10.1. The molecule has 2 aromatic rings. The number of nitrogens with one attached hydrogen (secondary N) is 3. The molecule has 0 aliphatic heterocycles. The first kappa shape index (κ1) is 14.5. The first-order valence-corrected chi connectivity index (χ1v) is 6.32. The zero-order chi connectivity index (χ0) is 15.1. The molecule has 2 aromatic carbocycles. The van der Waals surface area contributed by atoms with Crippen molar-refractivity contribution in [3.8, 4) is 0 Å². The number of para-hydroxylation sites is 1. The summed E-state index contributed by atoms with van der Waals surface area (Å²) in [6, 6.07) is 15.0. The molecular weight excluding hydrogens is 271 g/mol. The smallest absolute Gasteiger partial charge is 0.207 e. The van der Waals surface area contributed by atoms with Crippen molar-refractivity contribution in [2.75, 3.05) is 10.9 Å². The highest BCUT2D eigenvalue weighted by Crippen LogP contribution is 2.07. The molecule has 0 saturated heterocycles. The van der Waals surface area contributed by atoms with Crippen molar-refractivity contribution in [1.29, 1.82) is 0 Å². The van der Waals surface area contributed by atoms with Gasteiger partial charge in [-0.15, -0.1) is 0 Å². The molecule has 108 valence electrons. The second-order valence-corrected chi connectivity index (χ2v) is 4.25. The third-order valence-electron chi connectivity index (χ3n) is 2.57. The van der Waals surface area contributed by atoms with E-state index in [4.69, 9.17) is 0 Å². The molecule has 0 fully saturated rings. The minimum atomic E-state index is -0.327. The predicted molar refractivity (Wildman–Crippen MR) is 81.3 cm³/mol. The SMILES string of the molecule is CC(=O)/C(=N\Nc1ccccc1)NNc1ccc(F)cc1. The summed E-state index contributed by atoms with van der Waals surface area (Å²) >= 11 is 0. The summed E-state index contributed by atoms with van der Waals surface area (Å²) in [5.74, 6) is -0.456. The van der Waals surface area contributed by atoms with Gasteiger partial charge in [0, 0.05) is 6.92 Å². The number of benzene rings is 2. The standard InChI is InChI=1S/C15H15FN4O/c1-11(21)15(19-17-13-5-3-2-4-6-13)20-18-14-9-7-12(16)8-10-14/h2-10,17-18H,1H3,(H,19,20). The molecule has 5 nitrogen and oxygen atoms in total. The van der Waals surface area contributed by atoms with Crippen LogP contribution in [0.15, 0.2) is 59.7 Å². The van der Waals surface area contributed by atoms with Gasteiger partial charge in [-0.1, -0.05) is 18.2 Å². The molecule has 0 heterocycles. The average molecular weight is 286 g/mol. The van der Waals surface area contributed by atoms with Crippen LogP contribution >= 0.6 is 0 Å². The molecule has 0 amide bonds. The lowest BCUT2D eigenvalue weighted by atomic mass is 10.3. The minimum Gasteiger partial charge on any atom is -0.299 e. The number of anilines is 2. The summed E-state index contributed by atoms with van der Waals surface area (Å²) in [6.45, 7) is 1.39. The molecule has 0 spiro atoms. The minimum absolute atomic E-state index is 0.114. The van der Waals surface area contributed by atoms with E-state index in [0.717, 1.165) is 5.69 Å². The monoisotopic (exact) mass is 286 g/mol. The van der Waals surface area contributed by atoms with E-state index in [9.17, 15) is 9.18 Å². The summed E-state index contributed by atoms with van der Waals surface area (Å²) in [4.78, 5) is 11.5. The van der Waals surface area contributed by atoms with Crippen molar-refractivity contribution in [2.45, 2.75) is 6.92 Å². The largest absolute Gasteiger partial charge is 0.299 e. The molecular formula is C15H15FN4O. The van der Waals surface area contributed by atoms with Crippen molar-refractivity contribution in [1.82, 2.24) is 5.43 Å². The van der Waals surface area contributed by atoms with Crippen LogP contribution in [0.2, 0.25) is 0 Å². The maximum Gasteiger partial charge on any atom is 0.207 e. The Kier molecular flexibility index (Phi) is 4.87. The summed E-state index contributed by atoms with van der Waals surface area (Å²) in [6.07, 6.45) is 0. The Labute approximate surface area is 121 Å². The van der Waals surface area contributed by atoms with Gasteiger partial charge in [0.2, 0.25) is 5.84 Å². The third kappa shape index (κ3) is 4.61. The first-order valence-electron chi connectivity index (χ1n) is 6.32. The predicted octanol–water partition coefficient (Wildman–Crippen LogP) is 2.76. The zero-order valence-corrected chi connectivity index (χ0v) is 11.4. The van der Waals surface area contributed by atoms with E-state index >= 15 is 0 Å². The Morgan fingerprint density at radius 2 is 1.67 bits per heavy atom. The maximum atomic E-state index is 12.8. The number of hydrogen-bond acceptors (Lipinski definition) is 4. The van der Waals surface area contributed by atoms with E-state index in [1.165, 1.54) is 19.1 Å². The summed E-state index contributed by atoms with van der Waals surface area (Å²) in [5.41, 5.74) is 9.63. The number of rotatable bonds is 5. The van der Waals surface area contributed by atoms with E-state index in [0.29, 0.717) is 5.69 Å². The molecule has 0 aliphatic carbocycles. The average Bonchev–Trinajstić information content (AvgIpc) is 2.49. The molecule has 0 atom stereocenters. The fourth-order valence-electron chi connectivity index (χ4n) is 1.49. The lowest BCUT2D eigenvalue weighted by Crippen LogP contribution is -2.35. The Hall–Kier alpha value is -2.89. The topological polar surface area (TPSA) is 65.5 Å². The number of hydrazone groups is 1. The van der Waals surface area contributed by atoms with Gasteiger partial charge in [-0.25, -0.2) is 4.39 Å². The highest BCUT2D eigenvalue weighted by Gasteiger charge is 2.05. The molecule has 2 rings (SSSR count). The van der Waals surface area contributed by atoms with Crippen LogP contribution in [0.25, 0.3) is 0 Å². The van der Waals surface area contributed by atoms with Gasteiger partial charge < -0.3 is 0 Å². The van der Waals surface area contributed by atoms with Crippen molar-refractivity contribution < 1.29 is 9.18 Å². The fourth-order valence-corrected chi connectivity index (χ4v) is 1.49. The Balaban J connectivity index is 1.99. The van der Waals surface area contributed by atoms with Crippen LogP contribution in [-0.4, -0.2) is 11.6 Å². The molecule has 0 unspecified atom stereocenters. The van der Waals surface area contributed by atoms with Gasteiger partial charge in [-0.3, -0.25) is 21.1 Å². The Morgan fingerprint density at radius 1 is 1.00 bits per heavy atom. The van der Waals surface area contributed by atoms with Crippen LogP contribution in [0.1, 0.15) is 6.92 Å². The third-order valence-corrected chi connectivity index (χ3v) is 2.57. The highest BCUT2D eigenvalue weighted by atomic mass is 19.1. The van der Waals surface area contributed by atoms with Crippen LogP contribution < -0.4 is 16.3 Å². The van der Waals surface area contributed by atoms with Gasteiger partial charge in [0.15, 0.2) is 5.78 Å². The summed E-state index contributed by atoms with van der Waals surface area (Å²) in [7, 11) is 0. The summed E-state index contributed by atoms with van der Waals surface area (Å²) in [5, 5.41) is 4.00. The lowest BCUT2D eigenvalue weighted by molar-refractivity contribution is -0.111. The number of carbonyl (C=O) groups is 1. The normalized spacial score (nSPS) is 10.9. The Morgan fingerprint density at radius 3 is 2.29 bits per heavy atom. The quantitative estimate of drug-likeness (QED) is 0.449. The number of Topliss-reactive ketones (excluding diaryl/α,β-unsaturated/α-hetero) is 1. The van der Waals surface area contributed by atoms with Crippen LogP contribution in [0.4, 0.5) is 15.8 Å². The summed E-state index contributed by atoms with van der Waals surface area (Å²) < 4.78 is 12.8. The van der Waals surface area contributed by atoms with Gasteiger partial charge in [-0.2, -0.15) is 5.10 Å². The number of nitrogens with zero attached hydrogens (tertiary/aromatic N) is 1. The molecule has 0 radical (unpaired) electrons. The maximum absolute atomic E-state index is 12.8. The van der Waals surface area contributed by atoms with Crippen molar-refractivity contribution in [3.63, 3.8) is 0 Å². The molecule has 0 aliphatic rings. The van der Waals surface area contributed by atoms with Crippen molar-refractivity contribution in [3.05, 3.63) is 60.4 Å². The number of ketones is 1. The van der Waals surface area contributed by atoms with Crippen LogP contribution in [-0.2, 0) is 4.79 Å². The number of hydrogen-bond donors (Lipinski definition) is 3. The van der Waals surface area contributed by atoms with Gasteiger partial charge in [-0.05, 0) is 36.4 Å². The number of hydrazine groups is 1. The van der Waals surface area contributed by atoms with Crippen LogP contribution in [0.5, 0.6) is 0 Å². The van der Waals surface area contributed by atoms with Gasteiger partial charge in [0.25, 0.3) is 0 Å². The molecule has 6 heteroatoms. The molecule has 21 heavy (non-hydrogen) atoms. The number of halogens is 1. The lowest BCUT2D eigenvalue weighted by Gasteiger charge is -2.10. The van der Waals surface area contributed by atoms with E-state index in [-0.39, 0.29) is 17.4 Å². The van der Waals surface area contributed by atoms with Gasteiger partial charge in [0.1, 0.15) is 5.82 Å². The fraction of sp³-hybridized carbons (Fsp3) is 0.0667.